The molecule has 0 aliphatic rings. The van der Waals surface area contributed by atoms with Gasteiger partial charge >= 0.3 is 17.9 Å². The van der Waals surface area contributed by atoms with Crippen molar-refractivity contribution in [1.29, 1.82) is 0 Å². The molecule has 17 N–H and O–H groups in total. The van der Waals surface area contributed by atoms with Gasteiger partial charge in [0, 0.05) is 19.4 Å². The predicted octanol–water partition coefficient (Wildman–Crippen LogP) is -2.52. The highest BCUT2D eigenvalue weighted by molar-refractivity contribution is 7.98. The number of carbonyl (C=O) groups is 9. The molecular weight excluding hydrogens is 859 g/mol. The Kier molecular flexibility index (Phi) is 26.4. The molecule has 1 aromatic rings. The van der Waals surface area contributed by atoms with Gasteiger partial charge in [-0.25, -0.2) is 4.79 Å². The Hall–Kier alpha value is -6.01. The number of nitrogens with zero attached hydrogens (tertiary/aromatic N) is 1. The van der Waals surface area contributed by atoms with Gasteiger partial charge in [0.25, 0.3) is 0 Å². The number of guanidine groups is 1. The van der Waals surface area contributed by atoms with Crippen molar-refractivity contribution in [3.05, 3.63) is 35.9 Å². The monoisotopic (exact) mass is 923 g/mol. The first-order valence-electron chi connectivity index (χ1n) is 20.7. The van der Waals surface area contributed by atoms with E-state index in [1.54, 1.807) is 44.2 Å². The van der Waals surface area contributed by atoms with Crippen LogP contribution in [0.1, 0.15) is 77.2 Å². The molecule has 1 aromatic carbocycles. The molecule has 0 aromatic heterocycles. The Bertz CT molecular complexity index is 1750. The van der Waals surface area contributed by atoms with Crippen LogP contribution in [0.5, 0.6) is 0 Å². The van der Waals surface area contributed by atoms with Gasteiger partial charge in [0.1, 0.15) is 36.3 Å². The normalized spacial score (nSPS) is 14.2. The zero-order valence-corrected chi connectivity index (χ0v) is 37.2. The maximum atomic E-state index is 13.9. The van der Waals surface area contributed by atoms with E-state index in [4.69, 9.17) is 22.9 Å². The van der Waals surface area contributed by atoms with Gasteiger partial charge in [0.05, 0.1) is 12.5 Å². The standard InChI is InChI=1S/C40H65N11O12S/c1-22(2)32(38(61)50-28(20-23-10-5-4-6-11-23)36(59)48-27(39(62)63)13-9-18-45-40(43)44)51-35(58)26(14-15-30(52)53)47-37(60)29(21-31(54)55)49-34(57)25(12-7-8-17-41)46-33(56)24(42)16-19-64-3/h4-6,10-11,22,24-29,32H,7-9,12-21,41-42H2,1-3H3,(H,46,56)(H,47,60)(H,48,59)(H,49,57)(H,50,61)(H,51,58)(H,52,53)(H,54,55)(H,62,63)(H4,43,44,45)/t24-,25-,26-,27-,28-,29-,32-/m0/s1. The third-order valence-electron chi connectivity index (χ3n) is 9.56. The molecule has 64 heavy (non-hydrogen) atoms. The Morgan fingerprint density at radius 2 is 1.17 bits per heavy atom. The molecule has 0 fully saturated rings. The molecule has 24 heteroatoms. The molecule has 0 saturated heterocycles. The number of carboxylic acids is 3. The number of carbonyl (C=O) groups excluding carboxylic acids is 6. The largest absolute Gasteiger partial charge is 0.481 e. The summed E-state index contributed by atoms with van der Waals surface area (Å²) in [6, 6.07) is -1.46. The van der Waals surface area contributed by atoms with Crippen molar-refractivity contribution in [1.82, 2.24) is 31.9 Å². The highest BCUT2D eigenvalue weighted by atomic mass is 32.2. The first-order chi connectivity index (χ1) is 30.2. The van der Waals surface area contributed by atoms with Crippen LogP contribution in [0.3, 0.4) is 0 Å². The zero-order valence-electron chi connectivity index (χ0n) is 36.4. The Balaban J connectivity index is 3.39. The van der Waals surface area contributed by atoms with Crippen LogP contribution < -0.4 is 54.8 Å². The molecule has 0 saturated carbocycles. The molecule has 1 rings (SSSR count). The van der Waals surface area contributed by atoms with E-state index >= 15 is 0 Å². The maximum absolute atomic E-state index is 13.9. The van der Waals surface area contributed by atoms with Crippen molar-refractivity contribution >= 4 is 71.1 Å². The molecule has 0 bridgehead atoms. The average molecular weight is 924 g/mol. The summed E-state index contributed by atoms with van der Waals surface area (Å²) in [7, 11) is 0. The van der Waals surface area contributed by atoms with Gasteiger partial charge in [-0.05, 0) is 75.0 Å². The van der Waals surface area contributed by atoms with E-state index < -0.39 is 121 Å². The van der Waals surface area contributed by atoms with Crippen LogP contribution in [0, 0.1) is 5.92 Å². The average Bonchev–Trinajstić information content (AvgIpc) is 3.22. The minimum Gasteiger partial charge on any atom is -0.481 e. The first-order valence-corrected chi connectivity index (χ1v) is 22.1. The molecule has 0 heterocycles. The van der Waals surface area contributed by atoms with E-state index in [1.165, 1.54) is 11.8 Å². The fourth-order valence-corrected chi connectivity index (χ4v) is 6.51. The van der Waals surface area contributed by atoms with Crippen molar-refractivity contribution in [2.75, 3.05) is 25.1 Å². The fourth-order valence-electron chi connectivity index (χ4n) is 6.02. The number of hydrogen-bond donors (Lipinski definition) is 13. The molecule has 0 unspecified atom stereocenters. The van der Waals surface area contributed by atoms with Crippen LogP contribution in [-0.4, -0.2) is 142 Å². The number of carboxylic acid groups (broad SMARTS) is 3. The summed E-state index contributed by atoms with van der Waals surface area (Å²) in [5.41, 5.74) is 22.8. The number of aliphatic carboxylic acids is 3. The highest BCUT2D eigenvalue weighted by Gasteiger charge is 2.35. The topological polar surface area (TPSA) is 403 Å². The SMILES string of the molecule is CSCC[C@H](N)C(=O)N[C@@H](CCCCN)C(=O)N[C@@H](CC(=O)O)C(=O)N[C@@H](CCC(=O)O)C(=O)N[C@H](C(=O)N[C@@H](Cc1ccccc1)C(=O)N[C@@H](CCCN=C(N)N)C(=O)O)C(C)C. The summed E-state index contributed by atoms with van der Waals surface area (Å²) in [6.45, 7) is 3.47. The van der Waals surface area contributed by atoms with E-state index in [0.717, 1.165) is 0 Å². The van der Waals surface area contributed by atoms with E-state index in [0.29, 0.717) is 30.6 Å². The number of hydrogen-bond acceptors (Lipinski definition) is 13. The second kappa shape index (κ2) is 30.1. The summed E-state index contributed by atoms with van der Waals surface area (Å²) in [4.78, 5) is 121. The summed E-state index contributed by atoms with van der Waals surface area (Å²) >= 11 is 1.46. The van der Waals surface area contributed by atoms with E-state index in [9.17, 15) is 58.5 Å². The second-order valence-electron chi connectivity index (χ2n) is 15.2. The van der Waals surface area contributed by atoms with Crippen LogP contribution in [0.25, 0.3) is 0 Å². The lowest BCUT2D eigenvalue weighted by Gasteiger charge is -2.28. The van der Waals surface area contributed by atoms with Crippen LogP contribution in [0.4, 0.5) is 0 Å². The van der Waals surface area contributed by atoms with Gasteiger partial charge < -0.3 is 70.2 Å². The van der Waals surface area contributed by atoms with Crippen LogP contribution >= 0.6 is 11.8 Å². The molecule has 6 amide bonds. The third kappa shape index (κ3) is 22.4. The van der Waals surface area contributed by atoms with E-state index in [1.807, 2.05) is 6.26 Å². The molecule has 358 valence electrons. The molecule has 23 nitrogen and oxygen atoms in total. The van der Waals surface area contributed by atoms with Gasteiger partial charge in [0.2, 0.25) is 35.4 Å². The minimum absolute atomic E-state index is 0.0580. The Morgan fingerprint density at radius 3 is 1.73 bits per heavy atom. The van der Waals surface area contributed by atoms with Crippen molar-refractivity contribution < 1.29 is 58.5 Å². The van der Waals surface area contributed by atoms with Crippen LogP contribution in [0.15, 0.2) is 35.3 Å². The van der Waals surface area contributed by atoms with Gasteiger partial charge in [-0.1, -0.05) is 44.2 Å². The fraction of sp³-hybridized carbons (Fsp3) is 0.600. The summed E-state index contributed by atoms with van der Waals surface area (Å²) in [5.74, 6) is -10.2. The van der Waals surface area contributed by atoms with Gasteiger partial charge in [-0.15, -0.1) is 0 Å². The van der Waals surface area contributed by atoms with E-state index in [2.05, 4.69) is 36.9 Å². The van der Waals surface area contributed by atoms with Gasteiger partial charge in [-0.2, -0.15) is 11.8 Å². The van der Waals surface area contributed by atoms with Gasteiger partial charge in [0.15, 0.2) is 5.96 Å². The third-order valence-corrected chi connectivity index (χ3v) is 10.2. The highest BCUT2D eigenvalue weighted by Crippen LogP contribution is 2.11. The zero-order chi connectivity index (χ0) is 48.4. The number of unbranched alkanes of at least 4 members (excludes halogenated alkanes) is 1. The van der Waals surface area contributed by atoms with Crippen LogP contribution in [0.2, 0.25) is 0 Å². The summed E-state index contributed by atoms with van der Waals surface area (Å²) in [6.07, 6.45) is 0.855. The number of benzene rings is 1. The molecule has 0 radical (unpaired) electrons. The number of amides is 6. The number of thioether (sulfide) groups is 1. The number of rotatable bonds is 32. The molecule has 0 aliphatic carbocycles. The van der Waals surface area contributed by atoms with Crippen molar-refractivity contribution in [3.8, 4) is 0 Å². The molecule has 0 spiro atoms. The van der Waals surface area contributed by atoms with E-state index in [-0.39, 0.29) is 44.7 Å². The number of nitrogens with one attached hydrogen (secondary N) is 6. The molecule has 7 atom stereocenters. The number of nitrogens with two attached hydrogens (primary N) is 4. The maximum Gasteiger partial charge on any atom is 0.326 e. The summed E-state index contributed by atoms with van der Waals surface area (Å²) in [5, 5.41) is 43.6. The minimum atomic E-state index is -1.83. The summed E-state index contributed by atoms with van der Waals surface area (Å²) < 4.78 is 0. The lowest BCUT2D eigenvalue weighted by molar-refractivity contribution is -0.143. The number of aliphatic imine (C=N–C) groups is 1. The van der Waals surface area contributed by atoms with Crippen LogP contribution in [-0.2, 0) is 49.6 Å². The smallest absolute Gasteiger partial charge is 0.326 e. The molecule has 0 aliphatic heterocycles. The Morgan fingerprint density at radius 1 is 0.641 bits per heavy atom. The van der Waals surface area contributed by atoms with Gasteiger partial charge in [-0.3, -0.25) is 43.3 Å². The quantitative estimate of drug-likeness (QED) is 0.0201. The first kappa shape index (κ1) is 56.0. The van der Waals surface area contributed by atoms with Crippen molar-refractivity contribution in [2.24, 2.45) is 33.8 Å². The lowest BCUT2D eigenvalue weighted by atomic mass is 9.99. The van der Waals surface area contributed by atoms with Crippen molar-refractivity contribution in [3.63, 3.8) is 0 Å². The molecular formula is C40H65N11O12S. The Labute approximate surface area is 375 Å². The second-order valence-corrected chi connectivity index (χ2v) is 16.2. The lowest BCUT2D eigenvalue weighted by Crippen LogP contribution is -2.61. The van der Waals surface area contributed by atoms with Crippen molar-refractivity contribution in [2.45, 2.75) is 120 Å². The predicted molar refractivity (Wildman–Crippen MR) is 237 cm³/mol.